The lowest BCUT2D eigenvalue weighted by Crippen LogP contribution is -2.42. The Kier molecular flexibility index (Phi) is 3.38. The molecule has 23 heavy (non-hydrogen) atoms. The normalized spacial score (nSPS) is 17.1. The molecule has 0 fully saturated rings. The largest absolute Gasteiger partial charge is 0.305 e. The van der Waals surface area contributed by atoms with Crippen LogP contribution in [0.2, 0.25) is 0 Å². The van der Waals surface area contributed by atoms with Crippen molar-refractivity contribution in [3.05, 3.63) is 77.9 Å². The van der Waals surface area contributed by atoms with Gasteiger partial charge >= 0.3 is 0 Å². The number of carbonyl (C=O) groups excluding carboxylic acids is 1. The van der Waals surface area contributed by atoms with Gasteiger partial charge in [0.05, 0.1) is 0 Å². The lowest BCUT2D eigenvalue weighted by molar-refractivity contribution is 0.0975. The van der Waals surface area contributed by atoms with Crippen LogP contribution in [-0.4, -0.2) is 11.9 Å². The second-order valence-electron chi connectivity index (χ2n) is 6.25. The number of para-hydroxylation sites is 1. The third-order valence-corrected chi connectivity index (χ3v) is 4.74. The summed E-state index contributed by atoms with van der Waals surface area (Å²) in [5.41, 5.74) is 3.08. The van der Waals surface area contributed by atoms with Gasteiger partial charge in [-0.2, -0.15) is 0 Å². The quantitative estimate of drug-likeness (QED) is 0.631. The monoisotopic (exact) mass is 301 g/mol. The Hall–Kier alpha value is -2.61. The molecule has 2 nitrogen and oxygen atoms in total. The fourth-order valence-corrected chi connectivity index (χ4v) is 3.46. The highest BCUT2D eigenvalue weighted by atomic mass is 16.2. The molecule has 2 heteroatoms. The van der Waals surface area contributed by atoms with Crippen LogP contribution >= 0.6 is 0 Å². The van der Waals surface area contributed by atoms with Crippen LogP contribution in [0, 0.1) is 0 Å². The molecule has 1 unspecified atom stereocenters. The number of amides is 1. The van der Waals surface area contributed by atoms with Gasteiger partial charge < -0.3 is 4.90 Å². The molecule has 1 amide bonds. The Bertz CT molecular complexity index is 884. The zero-order chi connectivity index (χ0) is 15.8. The van der Waals surface area contributed by atoms with E-state index in [-0.39, 0.29) is 11.9 Å². The molecule has 1 aliphatic rings. The van der Waals surface area contributed by atoms with E-state index in [1.807, 2.05) is 47.4 Å². The van der Waals surface area contributed by atoms with Gasteiger partial charge in [0.25, 0.3) is 5.91 Å². The van der Waals surface area contributed by atoms with E-state index in [4.69, 9.17) is 0 Å². The Morgan fingerprint density at radius 1 is 0.957 bits per heavy atom. The van der Waals surface area contributed by atoms with Gasteiger partial charge in [0.15, 0.2) is 0 Å². The van der Waals surface area contributed by atoms with Crippen LogP contribution in [-0.2, 0) is 6.42 Å². The first-order valence-corrected chi connectivity index (χ1v) is 8.14. The molecule has 0 aliphatic carbocycles. The minimum absolute atomic E-state index is 0.0930. The van der Waals surface area contributed by atoms with Crippen molar-refractivity contribution in [2.24, 2.45) is 0 Å². The molecule has 3 aromatic carbocycles. The van der Waals surface area contributed by atoms with Crippen LogP contribution in [0.1, 0.15) is 29.3 Å². The van der Waals surface area contributed by atoms with Crippen molar-refractivity contribution in [3.63, 3.8) is 0 Å². The molecule has 114 valence electrons. The fourth-order valence-electron chi connectivity index (χ4n) is 3.46. The average molecular weight is 301 g/mol. The molecule has 4 rings (SSSR count). The first-order valence-electron chi connectivity index (χ1n) is 8.14. The van der Waals surface area contributed by atoms with E-state index in [0.717, 1.165) is 34.9 Å². The standard InChI is InChI=1S/C21H19NO/c1-15-10-11-17-7-4-5-9-20(17)22(15)21(23)19-13-12-16-6-2-3-8-18(16)14-19/h2-9,12-15H,10-11H2,1H3. The van der Waals surface area contributed by atoms with Crippen LogP contribution < -0.4 is 4.90 Å². The van der Waals surface area contributed by atoms with E-state index < -0.39 is 0 Å². The molecule has 0 saturated heterocycles. The fraction of sp³-hybridized carbons (Fsp3) is 0.190. The maximum absolute atomic E-state index is 13.1. The maximum atomic E-state index is 13.1. The number of anilines is 1. The van der Waals surface area contributed by atoms with Crippen LogP contribution in [0.25, 0.3) is 10.8 Å². The molecule has 0 bridgehead atoms. The summed E-state index contributed by atoms with van der Waals surface area (Å²) < 4.78 is 0. The summed E-state index contributed by atoms with van der Waals surface area (Å²) >= 11 is 0. The highest BCUT2D eigenvalue weighted by Crippen LogP contribution is 2.32. The van der Waals surface area contributed by atoms with Gasteiger partial charge in [-0.15, -0.1) is 0 Å². The van der Waals surface area contributed by atoms with Crippen molar-refractivity contribution >= 4 is 22.4 Å². The molecular formula is C21H19NO. The summed E-state index contributed by atoms with van der Waals surface area (Å²) in [4.78, 5) is 15.1. The zero-order valence-electron chi connectivity index (χ0n) is 13.2. The first-order chi connectivity index (χ1) is 11.2. The van der Waals surface area contributed by atoms with Crippen LogP contribution in [0.3, 0.4) is 0 Å². The molecule has 0 saturated carbocycles. The average Bonchev–Trinajstić information content (AvgIpc) is 2.60. The second kappa shape index (κ2) is 5.54. The van der Waals surface area contributed by atoms with Crippen LogP contribution in [0.5, 0.6) is 0 Å². The van der Waals surface area contributed by atoms with Gasteiger partial charge in [0.2, 0.25) is 0 Å². The van der Waals surface area contributed by atoms with Crippen molar-refractivity contribution in [2.75, 3.05) is 4.90 Å². The lowest BCUT2D eigenvalue weighted by atomic mass is 9.95. The number of carbonyl (C=O) groups is 1. The van der Waals surface area contributed by atoms with Gasteiger partial charge in [-0.3, -0.25) is 4.79 Å². The number of rotatable bonds is 1. The predicted molar refractivity (Wildman–Crippen MR) is 95.0 cm³/mol. The van der Waals surface area contributed by atoms with Crippen molar-refractivity contribution in [1.29, 1.82) is 0 Å². The number of benzene rings is 3. The van der Waals surface area contributed by atoms with E-state index >= 15 is 0 Å². The Balaban J connectivity index is 1.78. The summed E-state index contributed by atoms with van der Waals surface area (Å²) in [6.07, 6.45) is 2.05. The topological polar surface area (TPSA) is 20.3 Å². The van der Waals surface area contributed by atoms with Crippen molar-refractivity contribution in [1.82, 2.24) is 0 Å². The third kappa shape index (κ3) is 2.40. The lowest BCUT2D eigenvalue weighted by Gasteiger charge is -2.35. The van der Waals surface area contributed by atoms with Gasteiger partial charge in [0.1, 0.15) is 0 Å². The molecule has 0 aromatic heterocycles. The number of hydrogen-bond donors (Lipinski definition) is 0. The SMILES string of the molecule is CC1CCc2ccccc2N1C(=O)c1ccc2ccccc2c1. The number of aryl methyl sites for hydroxylation is 1. The van der Waals surface area contributed by atoms with Crippen molar-refractivity contribution in [2.45, 2.75) is 25.8 Å². The summed E-state index contributed by atoms with van der Waals surface area (Å²) in [5.74, 6) is 0.0930. The maximum Gasteiger partial charge on any atom is 0.258 e. The van der Waals surface area contributed by atoms with Gasteiger partial charge in [0, 0.05) is 17.3 Å². The van der Waals surface area contributed by atoms with Gasteiger partial charge in [-0.1, -0.05) is 48.5 Å². The molecule has 1 aliphatic heterocycles. The minimum atomic E-state index is 0.0930. The number of nitrogens with zero attached hydrogens (tertiary/aromatic N) is 1. The smallest absolute Gasteiger partial charge is 0.258 e. The van der Waals surface area contributed by atoms with Crippen molar-refractivity contribution in [3.8, 4) is 0 Å². The first kappa shape index (κ1) is 14.0. The highest BCUT2D eigenvalue weighted by Gasteiger charge is 2.28. The van der Waals surface area contributed by atoms with E-state index in [1.165, 1.54) is 5.56 Å². The van der Waals surface area contributed by atoms with Crippen LogP contribution in [0.4, 0.5) is 5.69 Å². The molecule has 0 radical (unpaired) electrons. The Labute approximate surface area is 136 Å². The minimum Gasteiger partial charge on any atom is -0.305 e. The molecular weight excluding hydrogens is 282 g/mol. The molecule has 1 heterocycles. The molecule has 1 atom stereocenters. The Morgan fingerprint density at radius 2 is 1.70 bits per heavy atom. The Morgan fingerprint density at radius 3 is 2.57 bits per heavy atom. The van der Waals surface area contributed by atoms with Crippen molar-refractivity contribution < 1.29 is 4.79 Å². The van der Waals surface area contributed by atoms with E-state index in [0.29, 0.717) is 0 Å². The van der Waals surface area contributed by atoms with Gasteiger partial charge in [-0.25, -0.2) is 0 Å². The highest BCUT2D eigenvalue weighted by molar-refractivity contribution is 6.09. The summed E-state index contributed by atoms with van der Waals surface area (Å²) in [6, 6.07) is 22.6. The zero-order valence-corrected chi connectivity index (χ0v) is 13.2. The van der Waals surface area contributed by atoms with Crippen LogP contribution in [0.15, 0.2) is 66.7 Å². The summed E-state index contributed by atoms with van der Waals surface area (Å²) in [7, 11) is 0. The molecule has 3 aromatic rings. The second-order valence-corrected chi connectivity index (χ2v) is 6.25. The van der Waals surface area contributed by atoms with E-state index in [9.17, 15) is 4.79 Å². The predicted octanol–water partition coefficient (Wildman–Crippen LogP) is 4.82. The summed E-state index contributed by atoms with van der Waals surface area (Å²) in [6.45, 7) is 2.13. The van der Waals surface area contributed by atoms with E-state index in [1.54, 1.807) is 0 Å². The molecule has 0 spiro atoms. The third-order valence-electron chi connectivity index (χ3n) is 4.74. The van der Waals surface area contributed by atoms with Gasteiger partial charge in [-0.05, 0) is 54.3 Å². The molecule has 0 N–H and O–H groups in total. The number of hydrogen-bond acceptors (Lipinski definition) is 1. The number of fused-ring (bicyclic) bond motifs is 2. The summed E-state index contributed by atoms with van der Waals surface area (Å²) in [5, 5.41) is 2.27. The van der Waals surface area contributed by atoms with E-state index in [2.05, 4.69) is 31.2 Å².